The molecular formula is C14H19N3O2S. The zero-order valence-electron chi connectivity index (χ0n) is 11.5. The lowest BCUT2D eigenvalue weighted by Crippen LogP contribution is -2.38. The number of hydrogen-bond donors (Lipinski definition) is 2. The molecule has 0 atom stereocenters. The Hall–Kier alpha value is -1.84. The smallest absolute Gasteiger partial charge is 0.255 e. The van der Waals surface area contributed by atoms with Crippen molar-refractivity contribution in [2.45, 2.75) is 19.8 Å². The van der Waals surface area contributed by atoms with Crippen LogP contribution in [0.5, 0.6) is 0 Å². The molecule has 0 aliphatic heterocycles. The van der Waals surface area contributed by atoms with Crippen molar-refractivity contribution in [1.29, 1.82) is 0 Å². The first kappa shape index (κ1) is 16.2. The maximum Gasteiger partial charge on any atom is 0.255 e. The molecule has 1 aromatic rings. The number of unbranched alkanes of at least 4 members (excludes halogenated alkanes) is 1. The average molecular weight is 293 g/mol. The third kappa shape index (κ3) is 5.03. The maximum absolute atomic E-state index is 12.3. The summed E-state index contributed by atoms with van der Waals surface area (Å²) in [7, 11) is 0. The van der Waals surface area contributed by atoms with Gasteiger partial charge >= 0.3 is 0 Å². The molecule has 6 heteroatoms. The molecule has 0 saturated heterocycles. The van der Waals surface area contributed by atoms with Gasteiger partial charge in [0.25, 0.3) is 5.91 Å². The molecule has 0 unspecified atom stereocenters. The molecule has 2 amide bonds. The van der Waals surface area contributed by atoms with E-state index in [2.05, 4.69) is 11.8 Å². The molecule has 0 spiro atoms. The minimum absolute atomic E-state index is 0.0571. The molecule has 5 nitrogen and oxygen atoms in total. The van der Waals surface area contributed by atoms with Gasteiger partial charge in [0, 0.05) is 11.9 Å². The van der Waals surface area contributed by atoms with E-state index in [1.165, 1.54) is 16.2 Å². The third-order valence-corrected chi connectivity index (χ3v) is 3.42. The number of nitrogens with two attached hydrogens (primary N) is 2. The lowest BCUT2D eigenvalue weighted by Gasteiger charge is -2.20. The van der Waals surface area contributed by atoms with Crippen LogP contribution in [0.1, 0.15) is 35.0 Å². The summed E-state index contributed by atoms with van der Waals surface area (Å²) in [4.78, 5) is 25.6. The second-order valence-corrected chi connectivity index (χ2v) is 5.16. The van der Waals surface area contributed by atoms with E-state index < -0.39 is 5.91 Å². The maximum atomic E-state index is 12.3. The Labute approximate surface area is 122 Å². The molecule has 0 aromatic carbocycles. The number of carbonyl (C=O) groups excluding carboxylic acids is 2. The first-order chi connectivity index (χ1) is 9.58. The molecule has 4 N–H and O–H groups in total. The van der Waals surface area contributed by atoms with Crippen molar-refractivity contribution in [3.05, 3.63) is 21.9 Å². The van der Waals surface area contributed by atoms with Crippen LogP contribution in [0.25, 0.3) is 0 Å². The lowest BCUT2D eigenvalue weighted by atomic mass is 10.2. The highest BCUT2D eigenvalue weighted by atomic mass is 32.1. The highest BCUT2D eigenvalue weighted by Gasteiger charge is 2.18. The van der Waals surface area contributed by atoms with Crippen LogP contribution in [0.2, 0.25) is 0 Å². The Bertz CT molecular complexity index is 528. The van der Waals surface area contributed by atoms with Gasteiger partial charge in [-0.25, -0.2) is 0 Å². The Morgan fingerprint density at radius 2 is 2.20 bits per heavy atom. The number of carbonyl (C=O) groups is 2. The van der Waals surface area contributed by atoms with Gasteiger partial charge in [0.1, 0.15) is 0 Å². The van der Waals surface area contributed by atoms with Crippen LogP contribution in [-0.2, 0) is 4.79 Å². The fraction of sp³-hybridized carbons (Fsp3) is 0.429. The van der Waals surface area contributed by atoms with Crippen molar-refractivity contribution in [1.82, 2.24) is 4.90 Å². The van der Waals surface area contributed by atoms with E-state index in [0.717, 1.165) is 17.7 Å². The summed E-state index contributed by atoms with van der Waals surface area (Å²) < 4.78 is 0. The predicted molar refractivity (Wildman–Crippen MR) is 80.3 cm³/mol. The zero-order valence-corrected chi connectivity index (χ0v) is 12.3. The van der Waals surface area contributed by atoms with Gasteiger partial charge in [-0.2, -0.15) is 0 Å². The second-order valence-electron chi connectivity index (χ2n) is 4.25. The monoisotopic (exact) mass is 293 g/mol. The van der Waals surface area contributed by atoms with Gasteiger partial charge in [-0.3, -0.25) is 9.59 Å². The van der Waals surface area contributed by atoms with E-state index in [9.17, 15) is 9.59 Å². The van der Waals surface area contributed by atoms with Crippen LogP contribution in [0.15, 0.2) is 11.4 Å². The van der Waals surface area contributed by atoms with Crippen molar-refractivity contribution < 1.29 is 9.59 Å². The van der Waals surface area contributed by atoms with Crippen molar-refractivity contribution in [3.63, 3.8) is 0 Å². The number of thiophene rings is 1. The highest BCUT2D eigenvalue weighted by molar-refractivity contribution is 7.10. The molecule has 1 aromatic heterocycles. The fourth-order valence-electron chi connectivity index (χ4n) is 1.62. The molecule has 0 bridgehead atoms. The Kier molecular flexibility index (Phi) is 6.77. The SMILES string of the molecule is CCCCN(CC(N)=O)C(=O)c1csc(C#CCN)c1. The summed E-state index contributed by atoms with van der Waals surface area (Å²) in [6.07, 6.45) is 1.78. The van der Waals surface area contributed by atoms with Gasteiger partial charge < -0.3 is 16.4 Å². The summed E-state index contributed by atoms with van der Waals surface area (Å²) in [5.41, 5.74) is 11.0. The molecule has 20 heavy (non-hydrogen) atoms. The zero-order chi connectivity index (χ0) is 15.0. The third-order valence-electron chi connectivity index (χ3n) is 2.58. The normalized spacial score (nSPS) is 9.70. The summed E-state index contributed by atoms with van der Waals surface area (Å²) in [5, 5.41) is 1.74. The Morgan fingerprint density at radius 1 is 1.45 bits per heavy atom. The molecule has 1 rings (SSSR count). The summed E-state index contributed by atoms with van der Waals surface area (Å²) in [6.45, 7) is 2.78. The lowest BCUT2D eigenvalue weighted by molar-refractivity contribution is -0.118. The quantitative estimate of drug-likeness (QED) is 0.760. The number of amides is 2. The number of nitrogens with zero attached hydrogens (tertiary/aromatic N) is 1. The Morgan fingerprint density at radius 3 is 2.80 bits per heavy atom. The van der Waals surface area contributed by atoms with E-state index >= 15 is 0 Å². The Balaban J connectivity index is 2.82. The predicted octanol–water partition coefficient (Wildman–Crippen LogP) is 0.786. The summed E-state index contributed by atoms with van der Waals surface area (Å²) in [5.74, 6) is 4.93. The molecular weight excluding hydrogens is 274 g/mol. The van der Waals surface area contributed by atoms with Gasteiger partial charge in [-0.05, 0) is 12.5 Å². The van der Waals surface area contributed by atoms with Crippen LogP contribution in [0, 0.1) is 11.8 Å². The van der Waals surface area contributed by atoms with Crippen LogP contribution in [0.4, 0.5) is 0 Å². The van der Waals surface area contributed by atoms with Gasteiger partial charge in [0.15, 0.2) is 0 Å². The van der Waals surface area contributed by atoms with Gasteiger partial charge in [-0.15, -0.1) is 11.3 Å². The summed E-state index contributed by atoms with van der Waals surface area (Å²) in [6, 6.07) is 1.72. The molecule has 108 valence electrons. The van der Waals surface area contributed by atoms with E-state index in [-0.39, 0.29) is 19.0 Å². The summed E-state index contributed by atoms with van der Waals surface area (Å²) >= 11 is 1.39. The molecule has 1 heterocycles. The minimum Gasteiger partial charge on any atom is -0.368 e. The molecule has 0 radical (unpaired) electrons. The topological polar surface area (TPSA) is 89.4 Å². The van der Waals surface area contributed by atoms with Crippen molar-refractivity contribution in [2.75, 3.05) is 19.6 Å². The molecule has 0 aliphatic carbocycles. The van der Waals surface area contributed by atoms with E-state index in [1.54, 1.807) is 11.4 Å². The largest absolute Gasteiger partial charge is 0.368 e. The second kappa shape index (κ2) is 8.35. The highest BCUT2D eigenvalue weighted by Crippen LogP contribution is 2.16. The van der Waals surface area contributed by atoms with E-state index in [4.69, 9.17) is 11.5 Å². The van der Waals surface area contributed by atoms with Crippen LogP contribution >= 0.6 is 11.3 Å². The van der Waals surface area contributed by atoms with Crippen molar-refractivity contribution in [3.8, 4) is 11.8 Å². The van der Waals surface area contributed by atoms with Gasteiger partial charge in [0.05, 0.1) is 23.5 Å². The first-order valence-electron chi connectivity index (χ1n) is 6.43. The van der Waals surface area contributed by atoms with Crippen LogP contribution in [0.3, 0.4) is 0 Å². The van der Waals surface area contributed by atoms with Crippen LogP contribution in [-0.4, -0.2) is 36.3 Å². The number of primary amides is 1. The molecule has 0 fully saturated rings. The van der Waals surface area contributed by atoms with Gasteiger partial charge in [-0.1, -0.05) is 25.2 Å². The van der Waals surface area contributed by atoms with E-state index in [1.807, 2.05) is 6.92 Å². The van der Waals surface area contributed by atoms with Crippen molar-refractivity contribution >= 4 is 23.2 Å². The number of rotatable bonds is 6. The van der Waals surface area contributed by atoms with E-state index in [0.29, 0.717) is 12.1 Å². The van der Waals surface area contributed by atoms with Crippen molar-refractivity contribution in [2.24, 2.45) is 11.5 Å². The minimum atomic E-state index is -0.507. The van der Waals surface area contributed by atoms with Crippen LogP contribution < -0.4 is 11.5 Å². The first-order valence-corrected chi connectivity index (χ1v) is 7.31. The fourth-order valence-corrected chi connectivity index (χ4v) is 2.37. The number of hydrogen-bond acceptors (Lipinski definition) is 4. The average Bonchev–Trinajstić information content (AvgIpc) is 2.88. The molecule has 0 saturated carbocycles. The molecule has 0 aliphatic rings. The van der Waals surface area contributed by atoms with Gasteiger partial charge in [0.2, 0.25) is 5.91 Å². The standard InChI is InChI=1S/C14H19N3O2S/c1-2-3-7-17(9-13(16)18)14(19)11-8-12(20-10-11)5-4-6-15/h8,10H,2-3,6-7,9,15H2,1H3,(H2,16,18).